The van der Waals surface area contributed by atoms with E-state index in [2.05, 4.69) is 5.32 Å². The summed E-state index contributed by atoms with van der Waals surface area (Å²) in [6, 6.07) is 18.4. The molecule has 45 heavy (non-hydrogen) atoms. The van der Waals surface area contributed by atoms with Crippen molar-refractivity contribution in [1.82, 2.24) is 5.32 Å². The summed E-state index contributed by atoms with van der Waals surface area (Å²) in [5, 5.41) is 2.61. The molecule has 11 nitrogen and oxygen atoms in total. The quantitative estimate of drug-likeness (QED) is 0.208. The van der Waals surface area contributed by atoms with Crippen molar-refractivity contribution in [2.45, 2.75) is 31.7 Å². The number of benzene rings is 3. The molecule has 3 aromatic rings. The summed E-state index contributed by atoms with van der Waals surface area (Å²) < 4.78 is 31.9. The predicted octanol–water partition coefficient (Wildman–Crippen LogP) is 4.00. The Hall–Kier alpha value is -5.06. The van der Waals surface area contributed by atoms with E-state index >= 15 is 0 Å². The van der Waals surface area contributed by atoms with Crippen LogP contribution in [0.15, 0.2) is 66.7 Å². The van der Waals surface area contributed by atoms with Crippen LogP contribution in [0.4, 0.5) is 0 Å². The second kappa shape index (κ2) is 15.6. The lowest BCUT2D eigenvalue weighted by molar-refractivity contribution is -0.145. The molecule has 0 saturated carbocycles. The number of carbonyl (C=O) groups is 4. The van der Waals surface area contributed by atoms with E-state index in [9.17, 15) is 19.2 Å². The number of nitrogens with one attached hydrogen (secondary N) is 1. The highest BCUT2D eigenvalue weighted by Gasteiger charge is 2.37. The van der Waals surface area contributed by atoms with Crippen LogP contribution in [-0.2, 0) is 41.5 Å². The van der Waals surface area contributed by atoms with Crippen molar-refractivity contribution in [1.29, 1.82) is 0 Å². The molecule has 1 fully saturated rings. The minimum Gasteiger partial charge on any atom is -0.493 e. The lowest BCUT2D eigenvalue weighted by atomic mass is 9.85. The molecule has 1 N–H and O–H groups in total. The fourth-order valence-electron chi connectivity index (χ4n) is 5.21. The van der Waals surface area contributed by atoms with Crippen molar-refractivity contribution in [3.8, 4) is 23.0 Å². The van der Waals surface area contributed by atoms with Gasteiger partial charge in [0, 0.05) is 12.3 Å². The second-order valence-corrected chi connectivity index (χ2v) is 10.5. The van der Waals surface area contributed by atoms with Gasteiger partial charge in [0.25, 0.3) is 0 Å². The smallest absolute Gasteiger partial charge is 0.333 e. The zero-order valence-corrected chi connectivity index (χ0v) is 25.7. The van der Waals surface area contributed by atoms with Crippen LogP contribution in [0.1, 0.15) is 35.6 Å². The molecule has 0 aliphatic carbocycles. The minimum atomic E-state index is -0.997. The monoisotopic (exact) mass is 619 g/mol. The van der Waals surface area contributed by atoms with Gasteiger partial charge in [-0.25, -0.2) is 4.79 Å². The van der Waals surface area contributed by atoms with Gasteiger partial charge in [-0.3, -0.25) is 14.4 Å². The van der Waals surface area contributed by atoms with Crippen molar-refractivity contribution in [3.63, 3.8) is 0 Å². The van der Waals surface area contributed by atoms with E-state index in [0.29, 0.717) is 42.3 Å². The number of hydrogen-bond acceptors (Lipinski definition) is 10. The van der Waals surface area contributed by atoms with Crippen molar-refractivity contribution >= 4 is 23.8 Å². The number of amides is 1. The normalized spacial score (nSPS) is 16.2. The van der Waals surface area contributed by atoms with E-state index in [1.807, 2.05) is 18.2 Å². The first-order chi connectivity index (χ1) is 21.8. The summed E-state index contributed by atoms with van der Waals surface area (Å²) in [4.78, 5) is 50.1. The van der Waals surface area contributed by atoms with E-state index in [0.717, 1.165) is 11.1 Å². The van der Waals surface area contributed by atoms with Gasteiger partial charge in [-0.05, 0) is 53.8 Å². The molecule has 1 aliphatic heterocycles. The Morgan fingerprint density at radius 2 is 1.42 bits per heavy atom. The molecular weight excluding hydrogens is 582 g/mol. The van der Waals surface area contributed by atoms with Gasteiger partial charge in [-0.1, -0.05) is 42.5 Å². The number of carbonyl (C=O) groups excluding carboxylic acids is 4. The summed E-state index contributed by atoms with van der Waals surface area (Å²) in [5.41, 5.74) is 2.36. The predicted molar refractivity (Wildman–Crippen MR) is 162 cm³/mol. The Morgan fingerprint density at radius 1 is 0.800 bits per heavy atom. The largest absolute Gasteiger partial charge is 0.493 e. The topological polar surface area (TPSA) is 136 Å². The van der Waals surface area contributed by atoms with Gasteiger partial charge in [0.05, 0.1) is 47.4 Å². The van der Waals surface area contributed by atoms with Crippen LogP contribution in [0.3, 0.4) is 0 Å². The van der Waals surface area contributed by atoms with Gasteiger partial charge in [0.1, 0.15) is 0 Å². The Balaban J connectivity index is 1.35. The SMILES string of the molecule is COC(=O)[C@@H](NC(=O)CCC(=O)Oc1ccc(C[C@H]2C(=O)OC[C@@H]2Cc2ccc(OC)c(OC)c2)cc1OC)c1ccccc1. The molecule has 1 amide bonds. The molecule has 238 valence electrons. The summed E-state index contributed by atoms with van der Waals surface area (Å²) in [7, 11) is 5.84. The third-order valence-corrected chi connectivity index (χ3v) is 7.60. The summed E-state index contributed by atoms with van der Waals surface area (Å²) in [5.74, 6) is -0.755. The van der Waals surface area contributed by atoms with Crippen LogP contribution in [0, 0.1) is 11.8 Å². The zero-order valence-electron chi connectivity index (χ0n) is 25.7. The molecule has 0 spiro atoms. The van der Waals surface area contributed by atoms with Crippen molar-refractivity contribution in [3.05, 3.63) is 83.4 Å². The molecule has 1 saturated heterocycles. The van der Waals surface area contributed by atoms with E-state index < -0.39 is 23.9 Å². The molecule has 0 unspecified atom stereocenters. The number of methoxy groups -OCH3 is 4. The van der Waals surface area contributed by atoms with Gasteiger partial charge < -0.3 is 33.7 Å². The van der Waals surface area contributed by atoms with Gasteiger partial charge in [0.2, 0.25) is 5.91 Å². The average molecular weight is 620 g/mol. The van der Waals surface area contributed by atoms with Crippen LogP contribution in [0.5, 0.6) is 23.0 Å². The van der Waals surface area contributed by atoms with E-state index in [1.54, 1.807) is 62.8 Å². The van der Waals surface area contributed by atoms with Crippen molar-refractivity contribution < 1.29 is 47.6 Å². The Labute approximate surface area is 261 Å². The standard InChI is InChI=1S/C34H37NO10/c1-40-26-12-10-21(18-28(26)41-2)16-24-20-44-33(38)25(24)17-22-11-13-27(29(19-22)42-3)45-31(37)15-14-30(36)35-32(34(39)43-4)23-8-6-5-7-9-23/h5-13,18-19,24-25,32H,14-17,20H2,1-4H3,(H,35,36)/t24-,25+,32-/m0/s1. The maximum atomic E-state index is 12.7. The molecule has 3 aromatic carbocycles. The van der Waals surface area contributed by atoms with E-state index in [1.165, 1.54) is 14.2 Å². The summed E-state index contributed by atoms with van der Waals surface area (Å²) >= 11 is 0. The summed E-state index contributed by atoms with van der Waals surface area (Å²) in [6.45, 7) is 0.310. The molecule has 11 heteroatoms. The maximum Gasteiger partial charge on any atom is 0.333 e. The lowest BCUT2D eigenvalue weighted by Crippen LogP contribution is -2.34. The van der Waals surface area contributed by atoms with Gasteiger partial charge >= 0.3 is 17.9 Å². The Bertz CT molecular complexity index is 1510. The Kier molecular flexibility index (Phi) is 11.4. The summed E-state index contributed by atoms with van der Waals surface area (Å²) in [6.07, 6.45) is 0.586. The maximum absolute atomic E-state index is 12.7. The van der Waals surface area contributed by atoms with Gasteiger partial charge in [-0.15, -0.1) is 0 Å². The highest BCUT2D eigenvalue weighted by Crippen LogP contribution is 2.35. The molecule has 0 radical (unpaired) electrons. The number of hydrogen-bond donors (Lipinski definition) is 1. The van der Waals surface area contributed by atoms with Crippen LogP contribution in [0.2, 0.25) is 0 Å². The molecule has 1 heterocycles. The first-order valence-electron chi connectivity index (χ1n) is 14.4. The number of esters is 3. The van der Waals surface area contributed by atoms with Crippen LogP contribution in [-0.4, -0.2) is 58.9 Å². The third kappa shape index (κ3) is 8.53. The molecule has 0 bridgehead atoms. The fourth-order valence-corrected chi connectivity index (χ4v) is 5.21. The molecule has 0 aromatic heterocycles. The average Bonchev–Trinajstić information content (AvgIpc) is 3.40. The lowest BCUT2D eigenvalue weighted by Gasteiger charge is -2.18. The second-order valence-electron chi connectivity index (χ2n) is 10.5. The molecule has 1 aliphatic rings. The first kappa shape index (κ1) is 32.8. The third-order valence-electron chi connectivity index (χ3n) is 7.60. The van der Waals surface area contributed by atoms with Crippen molar-refractivity contribution in [2.24, 2.45) is 11.8 Å². The van der Waals surface area contributed by atoms with Gasteiger partial charge in [0.15, 0.2) is 29.0 Å². The number of cyclic esters (lactones) is 1. The molecule has 3 atom stereocenters. The molecular formula is C34H37NO10. The first-order valence-corrected chi connectivity index (χ1v) is 14.4. The highest BCUT2D eigenvalue weighted by molar-refractivity contribution is 5.87. The van der Waals surface area contributed by atoms with E-state index in [-0.39, 0.29) is 36.4 Å². The molecule has 4 rings (SSSR count). The van der Waals surface area contributed by atoms with Gasteiger partial charge in [-0.2, -0.15) is 0 Å². The van der Waals surface area contributed by atoms with Crippen molar-refractivity contribution in [2.75, 3.05) is 35.0 Å². The van der Waals surface area contributed by atoms with Crippen LogP contribution >= 0.6 is 0 Å². The minimum absolute atomic E-state index is 0.0501. The van der Waals surface area contributed by atoms with Crippen LogP contribution in [0.25, 0.3) is 0 Å². The highest BCUT2D eigenvalue weighted by atomic mass is 16.6. The van der Waals surface area contributed by atoms with E-state index in [4.69, 9.17) is 28.4 Å². The Morgan fingerprint density at radius 3 is 2.07 bits per heavy atom. The number of ether oxygens (including phenoxy) is 6. The van der Waals surface area contributed by atoms with Crippen LogP contribution < -0.4 is 24.3 Å². The zero-order chi connectivity index (χ0) is 32.3. The fraction of sp³-hybridized carbons (Fsp3) is 0.353. The number of rotatable bonds is 14.